The fourth-order valence-corrected chi connectivity index (χ4v) is 1.96. The van der Waals surface area contributed by atoms with Gasteiger partial charge in [-0.2, -0.15) is 0 Å². The number of para-hydroxylation sites is 1. The van der Waals surface area contributed by atoms with E-state index in [9.17, 15) is 4.79 Å². The van der Waals surface area contributed by atoms with E-state index in [1.165, 1.54) is 11.6 Å². The molecule has 0 aliphatic rings. The normalized spacial score (nSPS) is 11.9. The molecule has 0 spiro atoms. The van der Waals surface area contributed by atoms with Crippen LogP contribution in [0.25, 0.3) is 0 Å². The molecule has 0 heterocycles. The second kappa shape index (κ2) is 6.24. The Labute approximate surface area is 118 Å². The topological polar surface area (TPSA) is 46.5 Å². The van der Waals surface area contributed by atoms with Gasteiger partial charge in [0.1, 0.15) is 17.1 Å². The van der Waals surface area contributed by atoms with Crippen LogP contribution in [0.4, 0.5) is 0 Å². The monoisotopic (exact) mass is 270 g/mol. The smallest absolute Gasteiger partial charge is 0.339 e. The summed E-state index contributed by atoms with van der Waals surface area (Å²) in [6.45, 7) is 4.33. The number of hydrogen-bond acceptors (Lipinski definition) is 2. The van der Waals surface area contributed by atoms with Gasteiger partial charge >= 0.3 is 5.97 Å². The molecule has 3 nitrogen and oxygen atoms in total. The Hall–Kier alpha value is -2.29. The number of carboxylic acids is 1. The molecule has 0 aliphatic carbocycles. The SMILES string of the molecule is CCC(C)c1ccc(Oc2ccccc2C(=O)O)cc1. The van der Waals surface area contributed by atoms with Crippen LogP contribution in [0.1, 0.15) is 42.1 Å². The Morgan fingerprint density at radius 1 is 1.15 bits per heavy atom. The molecule has 0 aliphatic heterocycles. The molecule has 1 unspecified atom stereocenters. The number of aromatic carboxylic acids is 1. The summed E-state index contributed by atoms with van der Waals surface area (Å²) in [4.78, 5) is 11.1. The Kier molecular flexibility index (Phi) is 4.41. The first-order valence-electron chi connectivity index (χ1n) is 6.72. The van der Waals surface area contributed by atoms with Crippen molar-refractivity contribution in [2.75, 3.05) is 0 Å². The van der Waals surface area contributed by atoms with Crippen molar-refractivity contribution in [1.82, 2.24) is 0 Å². The standard InChI is InChI=1S/C17H18O3/c1-3-12(2)13-8-10-14(11-9-13)20-16-7-5-4-6-15(16)17(18)19/h4-12H,3H2,1-2H3,(H,18,19). The first-order chi connectivity index (χ1) is 9.61. The van der Waals surface area contributed by atoms with Crippen LogP contribution in [0.2, 0.25) is 0 Å². The van der Waals surface area contributed by atoms with E-state index in [2.05, 4.69) is 13.8 Å². The highest BCUT2D eigenvalue weighted by Crippen LogP contribution is 2.27. The molecule has 0 radical (unpaired) electrons. The van der Waals surface area contributed by atoms with Gasteiger partial charge < -0.3 is 9.84 Å². The number of hydrogen-bond donors (Lipinski definition) is 1. The third kappa shape index (κ3) is 3.18. The molecule has 0 amide bonds. The lowest BCUT2D eigenvalue weighted by Crippen LogP contribution is -1.99. The van der Waals surface area contributed by atoms with Crippen LogP contribution in [0, 0.1) is 0 Å². The number of carbonyl (C=O) groups is 1. The quantitative estimate of drug-likeness (QED) is 0.857. The molecule has 3 heteroatoms. The van der Waals surface area contributed by atoms with Crippen LogP contribution in [0.15, 0.2) is 48.5 Å². The van der Waals surface area contributed by atoms with Crippen LogP contribution in [0.3, 0.4) is 0 Å². The molecule has 2 aromatic carbocycles. The minimum atomic E-state index is -0.989. The summed E-state index contributed by atoms with van der Waals surface area (Å²) in [7, 11) is 0. The Bertz CT molecular complexity index is 587. The maximum Gasteiger partial charge on any atom is 0.339 e. The molecule has 0 saturated carbocycles. The van der Waals surface area contributed by atoms with Crippen LogP contribution < -0.4 is 4.74 Å². The molecular formula is C17H18O3. The summed E-state index contributed by atoms with van der Waals surface area (Å²) in [6, 6.07) is 14.4. The molecule has 1 N–H and O–H groups in total. The number of benzene rings is 2. The van der Waals surface area contributed by atoms with Gasteiger partial charge in [-0.15, -0.1) is 0 Å². The molecule has 1 atom stereocenters. The van der Waals surface area contributed by atoms with Crippen molar-refractivity contribution in [3.63, 3.8) is 0 Å². The van der Waals surface area contributed by atoms with Crippen molar-refractivity contribution in [2.45, 2.75) is 26.2 Å². The highest BCUT2D eigenvalue weighted by Gasteiger charge is 2.11. The van der Waals surface area contributed by atoms with Crippen LogP contribution in [0.5, 0.6) is 11.5 Å². The van der Waals surface area contributed by atoms with E-state index in [-0.39, 0.29) is 5.56 Å². The maximum absolute atomic E-state index is 11.1. The minimum Gasteiger partial charge on any atom is -0.478 e. The zero-order valence-corrected chi connectivity index (χ0v) is 11.7. The fraction of sp³-hybridized carbons (Fsp3) is 0.235. The predicted octanol–water partition coefficient (Wildman–Crippen LogP) is 4.69. The van der Waals surface area contributed by atoms with E-state index < -0.39 is 5.97 Å². The van der Waals surface area contributed by atoms with E-state index in [0.29, 0.717) is 17.4 Å². The van der Waals surface area contributed by atoms with Crippen molar-refractivity contribution in [3.8, 4) is 11.5 Å². The first-order valence-corrected chi connectivity index (χ1v) is 6.72. The number of rotatable bonds is 5. The lowest BCUT2D eigenvalue weighted by atomic mass is 9.99. The molecule has 0 fully saturated rings. The van der Waals surface area contributed by atoms with Crippen molar-refractivity contribution >= 4 is 5.97 Å². The van der Waals surface area contributed by atoms with Gasteiger partial charge in [0.25, 0.3) is 0 Å². The molecule has 2 aromatic rings. The summed E-state index contributed by atoms with van der Waals surface area (Å²) < 4.78 is 5.66. The number of carboxylic acid groups (broad SMARTS) is 1. The predicted molar refractivity (Wildman–Crippen MR) is 78.6 cm³/mol. The number of ether oxygens (including phenoxy) is 1. The van der Waals surface area contributed by atoms with Crippen molar-refractivity contribution in [2.24, 2.45) is 0 Å². The van der Waals surface area contributed by atoms with Crippen molar-refractivity contribution < 1.29 is 14.6 Å². The highest BCUT2D eigenvalue weighted by molar-refractivity contribution is 5.90. The van der Waals surface area contributed by atoms with Gasteiger partial charge in [-0.1, -0.05) is 38.1 Å². The minimum absolute atomic E-state index is 0.165. The average molecular weight is 270 g/mol. The molecule has 104 valence electrons. The molecule has 0 bridgehead atoms. The van der Waals surface area contributed by atoms with E-state index in [1.54, 1.807) is 18.2 Å². The van der Waals surface area contributed by atoms with Crippen LogP contribution in [-0.2, 0) is 0 Å². The van der Waals surface area contributed by atoms with E-state index in [1.807, 2.05) is 24.3 Å². The van der Waals surface area contributed by atoms with Gasteiger partial charge in [-0.05, 0) is 42.2 Å². The Balaban J connectivity index is 2.20. The fourth-order valence-electron chi connectivity index (χ4n) is 1.96. The van der Waals surface area contributed by atoms with Crippen LogP contribution >= 0.6 is 0 Å². The second-order valence-corrected chi connectivity index (χ2v) is 4.78. The lowest BCUT2D eigenvalue weighted by Gasteiger charge is -2.11. The summed E-state index contributed by atoms with van der Waals surface area (Å²) in [5.41, 5.74) is 1.42. The lowest BCUT2D eigenvalue weighted by molar-refractivity contribution is 0.0694. The van der Waals surface area contributed by atoms with Crippen LogP contribution in [-0.4, -0.2) is 11.1 Å². The zero-order valence-electron chi connectivity index (χ0n) is 11.7. The van der Waals surface area contributed by atoms with Gasteiger partial charge in [-0.25, -0.2) is 4.79 Å². The van der Waals surface area contributed by atoms with Gasteiger partial charge in [0.15, 0.2) is 0 Å². The Morgan fingerprint density at radius 2 is 1.80 bits per heavy atom. The molecule has 0 aromatic heterocycles. The van der Waals surface area contributed by atoms with E-state index >= 15 is 0 Å². The van der Waals surface area contributed by atoms with Gasteiger partial charge in [0.2, 0.25) is 0 Å². The maximum atomic E-state index is 11.1. The van der Waals surface area contributed by atoms with Gasteiger partial charge in [0, 0.05) is 0 Å². The highest BCUT2D eigenvalue weighted by atomic mass is 16.5. The first kappa shape index (κ1) is 14.1. The summed E-state index contributed by atoms with van der Waals surface area (Å²) in [5, 5.41) is 9.11. The Morgan fingerprint density at radius 3 is 2.40 bits per heavy atom. The third-order valence-corrected chi connectivity index (χ3v) is 3.41. The van der Waals surface area contributed by atoms with E-state index in [4.69, 9.17) is 9.84 Å². The molecule has 2 rings (SSSR count). The zero-order chi connectivity index (χ0) is 14.5. The van der Waals surface area contributed by atoms with E-state index in [0.717, 1.165) is 6.42 Å². The summed E-state index contributed by atoms with van der Waals surface area (Å²) in [6.07, 6.45) is 1.09. The average Bonchev–Trinajstić information content (AvgIpc) is 2.47. The molecular weight excluding hydrogens is 252 g/mol. The molecule has 0 saturated heterocycles. The largest absolute Gasteiger partial charge is 0.478 e. The van der Waals surface area contributed by atoms with Crippen molar-refractivity contribution in [3.05, 3.63) is 59.7 Å². The second-order valence-electron chi connectivity index (χ2n) is 4.78. The molecule has 20 heavy (non-hydrogen) atoms. The summed E-state index contributed by atoms with van der Waals surface area (Å²) in [5.74, 6) is 0.522. The third-order valence-electron chi connectivity index (χ3n) is 3.41. The summed E-state index contributed by atoms with van der Waals surface area (Å²) >= 11 is 0. The van der Waals surface area contributed by atoms with Crippen molar-refractivity contribution in [1.29, 1.82) is 0 Å². The van der Waals surface area contributed by atoms with Gasteiger partial charge in [0.05, 0.1) is 0 Å². The van der Waals surface area contributed by atoms with Gasteiger partial charge in [-0.3, -0.25) is 0 Å².